The van der Waals surface area contributed by atoms with Gasteiger partial charge in [-0.1, -0.05) is 44.9 Å². The molecular formula is C22H26N2O2S. The van der Waals surface area contributed by atoms with E-state index in [2.05, 4.69) is 16.4 Å². The average molecular weight is 383 g/mol. The number of benzene rings is 1. The van der Waals surface area contributed by atoms with Crippen LogP contribution < -0.4 is 0 Å². The Hall–Kier alpha value is -2.27. The molecule has 2 heterocycles. The minimum absolute atomic E-state index is 0.0679. The molecule has 1 aliphatic carbocycles. The molecule has 0 spiro atoms. The zero-order chi connectivity index (χ0) is 19.3. The molecule has 0 saturated heterocycles. The third kappa shape index (κ3) is 3.88. The smallest absolute Gasteiger partial charge is 0.335 e. The van der Waals surface area contributed by atoms with Gasteiger partial charge in [0.25, 0.3) is 0 Å². The van der Waals surface area contributed by atoms with Crippen molar-refractivity contribution in [3.05, 3.63) is 63.7 Å². The summed E-state index contributed by atoms with van der Waals surface area (Å²) < 4.78 is 0. The normalized spacial score (nSPS) is 20.1. The third-order valence-electron chi connectivity index (χ3n) is 5.30. The van der Waals surface area contributed by atoms with Crippen LogP contribution in [0.2, 0.25) is 0 Å². The van der Waals surface area contributed by atoms with E-state index in [9.17, 15) is 4.79 Å². The molecule has 0 amide bonds. The van der Waals surface area contributed by atoms with Gasteiger partial charge in [0.2, 0.25) is 0 Å². The zero-order valence-corrected chi connectivity index (χ0v) is 16.7. The topological polar surface area (TPSA) is 62.5 Å². The van der Waals surface area contributed by atoms with Crippen molar-refractivity contribution in [2.45, 2.75) is 57.3 Å². The van der Waals surface area contributed by atoms with Crippen LogP contribution in [0.4, 0.5) is 0 Å². The van der Waals surface area contributed by atoms with Gasteiger partial charge in [-0.25, -0.2) is 9.78 Å². The number of aromatic nitrogens is 1. The molecule has 1 aliphatic heterocycles. The van der Waals surface area contributed by atoms with Gasteiger partial charge >= 0.3 is 5.97 Å². The lowest BCUT2D eigenvalue weighted by atomic mass is 9.79. The number of nitrogens with zero attached hydrogens (tertiary/aromatic N) is 2. The molecule has 1 aromatic carbocycles. The van der Waals surface area contributed by atoms with Crippen molar-refractivity contribution in [3.8, 4) is 0 Å². The van der Waals surface area contributed by atoms with Crippen LogP contribution in [0.5, 0.6) is 0 Å². The minimum atomic E-state index is -0.881. The predicted octanol–water partition coefficient (Wildman–Crippen LogP) is 5.80. The van der Waals surface area contributed by atoms with Crippen LogP contribution in [0.3, 0.4) is 0 Å². The number of rotatable bonds is 4. The molecule has 27 heavy (non-hydrogen) atoms. The van der Waals surface area contributed by atoms with Gasteiger partial charge in [0, 0.05) is 29.1 Å². The fourth-order valence-corrected chi connectivity index (χ4v) is 5.06. The average Bonchev–Trinajstić information content (AvgIpc) is 3.41. The molecule has 4 rings (SSSR count). The summed E-state index contributed by atoms with van der Waals surface area (Å²) in [6.45, 7) is 4.00. The van der Waals surface area contributed by atoms with Gasteiger partial charge in [0.15, 0.2) is 0 Å². The van der Waals surface area contributed by atoms with E-state index in [0.717, 1.165) is 30.0 Å². The highest BCUT2D eigenvalue weighted by molar-refractivity contribution is 7.09. The Morgan fingerprint density at radius 2 is 1.89 bits per heavy atom. The summed E-state index contributed by atoms with van der Waals surface area (Å²) in [4.78, 5) is 20.4. The molecule has 1 saturated carbocycles. The van der Waals surface area contributed by atoms with Crippen molar-refractivity contribution in [2.24, 2.45) is 4.99 Å². The van der Waals surface area contributed by atoms with Crippen molar-refractivity contribution < 1.29 is 9.90 Å². The number of thiazole rings is 1. The van der Waals surface area contributed by atoms with Crippen LogP contribution in [-0.2, 0) is 5.41 Å². The number of hydrogen-bond acceptors (Lipinski definition) is 4. The van der Waals surface area contributed by atoms with E-state index < -0.39 is 5.97 Å². The summed E-state index contributed by atoms with van der Waals surface area (Å²) in [5.74, 6) is -0.615. The van der Waals surface area contributed by atoms with E-state index >= 15 is 0 Å². The van der Waals surface area contributed by atoms with Crippen LogP contribution >= 0.6 is 11.3 Å². The summed E-state index contributed by atoms with van der Waals surface area (Å²) >= 11 is 1.73. The SMILES string of the molecule is CC.O=C(O)c1ccc(C2(c3nc(C4C=NC=CC4)cs3)CCCC2)cc1. The molecule has 1 atom stereocenters. The highest BCUT2D eigenvalue weighted by Crippen LogP contribution is 2.47. The first-order chi connectivity index (χ1) is 13.2. The number of hydrogen-bond donors (Lipinski definition) is 1. The van der Waals surface area contributed by atoms with Crippen LogP contribution in [0.15, 0.2) is 46.9 Å². The Morgan fingerprint density at radius 1 is 1.19 bits per heavy atom. The van der Waals surface area contributed by atoms with Crippen molar-refractivity contribution in [3.63, 3.8) is 0 Å². The quantitative estimate of drug-likeness (QED) is 0.727. The standard InChI is InChI=1S/C20H20N2O2S.C2H6/c23-18(24)14-5-7-16(8-6-14)20(9-1-2-10-20)19-22-17(13-25-19)15-4-3-11-21-12-15;1-2/h3,5-8,11-13,15H,1-2,4,9-10H2,(H,23,24);1-2H3. The van der Waals surface area contributed by atoms with E-state index in [1.165, 1.54) is 18.4 Å². The highest BCUT2D eigenvalue weighted by Gasteiger charge is 2.40. The van der Waals surface area contributed by atoms with E-state index in [1.807, 2.05) is 38.4 Å². The van der Waals surface area contributed by atoms with Crippen molar-refractivity contribution >= 4 is 23.5 Å². The minimum Gasteiger partial charge on any atom is -0.478 e. The third-order valence-corrected chi connectivity index (χ3v) is 6.36. The van der Waals surface area contributed by atoms with Crippen LogP contribution in [0, 0.1) is 0 Å². The second kappa shape index (κ2) is 8.61. The summed E-state index contributed by atoms with van der Waals surface area (Å²) in [5.41, 5.74) is 2.55. The maximum absolute atomic E-state index is 11.1. The fraction of sp³-hybridized carbons (Fsp3) is 0.409. The van der Waals surface area contributed by atoms with Gasteiger partial charge in [0.05, 0.1) is 11.3 Å². The molecule has 1 fully saturated rings. The molecule has 1 unspecified atom stereocenters. The van der Waals surface area contributed by atoms with Crippen molar-refractivity contribution in [1.82, 2.24) is 4.98 Å². The number of aromatic carboxylic acids is 1. The number of carbonyl (C=O) groups is 1. The summed E-state index contributed by atoms with van der Waals surface area (Å²) in [5, 5.41) is 12.5. The number of carboxylic acids is 1. The van der Waals surface area contributed by atoms with E-state index in [0.29, 0.717) is 5.56 Å². The number of carboxylic acid groups (broad SMARTS) is 1. The van der Waals surface area contributed by atoms with Gasteiger partial charge < -0.3 is 5.11 Å². The second-order valence-corrected chi connectivity index (χ2v) is 7.63. The Bertz CT molecular complexity index is 830. The molecule has 5 heteroatoms. The predicted molar refractivity (Wildman–Crippen MR) is 111 cm³/mol. The first kappa shape index (κ1) is 19.5. The maximum atomic E-state index is 11.1. The van der Waals surface area contributed by atoms with E-state index in [-0.39, 0.29) is 11.3 Å². The summed E-state index contributed by atoms with van der Waals surface area (Å²) in [7, 11) is 0. The molecule has 142 valence electrons. The first-order valence-corrected chi connectivity index (χ1v) is 10.5. The largest absolute Gasteiger partial charge is 0.478 e. The fourth-order valence-electron chi connectivity index (χ4n) is 3.89. The maximum Gasteiger partial charge on any atom is 0.335 e. The molecule has 0 radical (unpaired) electrons. The molecule has 0 bridgehead atoms. The van der Waals surface area contributed by atoms with Crippen LogP contribution in [-0.4, -0.2) is 22.3 Å². The van der Waals surface area contributed by atoms with Gasteiger partial charge in [-0.2, -0.15) is 0 Å². The Labute approximate surface area is 164 Å². The van der Waals surface area contributed by atoms with Gasteiger partial charge in [0.1, 0.15) is 5.01 Å². The molecule has 1 N–H and O–H groups in total. The van der Waals surface area contributed by atoms with Gasteiger partial charge in [-0.15, -0.1) is 11.3 Å². The Balaban J connectivity index is 0.00000102. The first-order valence-electron chi connectivity index (χ1n) is 9.67. The molecule has 1 aromatic heterocycles. The number of aliphatic imine (C=N–C) groups is 1. The van der Waals surface area contributed by atoms with Crippen molar-refractivity contribution in [1.29, 1.82) is 0 Å². The summed E-state index contributed by atoms with van der Waals surface area (Å²) in [6, 6.07) is 7.37. The number of allylic oxidation sites excluding steroid dienone is 1. The molecule has 4 nitrogen and oxygen atoms in total. The Kier molecular flexibility index (Phi) is 6.22. The lowest BCUT2D eigenvalue weighted by Crippen LogP contribution is -2.24. The zero-order valence-electron chi connectivity index (χ0n) is 15.9. The lowest BCUT2D eigenvalue weighted by molar-refractivity contribution is 0.0697. The molecular weight excluding hydrogens is 356 g/mol. The second-order valence-electron chi connectivity index (χ2n) is 6.77. The van der Waals surface area contributed by atoms with Gasteiger partial charge in [-0.05, 0) is 37.0 Å². The van der Waals surface area contributed by atoms with Crippen LogP contribution in [0.25, 0.3) is 0 Å². The monoisotopic (exact) mass is 382 g/mol. The summed E-state index contributed by atoms with van der Waals surface area (Å²) in [6.07, 6.45) is 11.4. The highest BCUT2D eigenvalue weighted by atomic mass is 32.1. The molecule has 2 aliphatic rings. The van der Waals surface area contributed by atoms with E-state index in [1.54, 1.807) is 23.5 Å². The Morgan fingerprint density at radius 3 is 2.48 bits per heavy atom. The van der Waals surface area contributed by atoms with Gasteiger partial charge in [-0.3, -0.25) is 4.99 Å². The van der Waals surface area contributed by atoms with E-state index in [4.69, 9.17) is 10.1 Å². The molecule has 2 aromatic rings. The lowest BCUT2D eigenvalue weighted by Gasteiger charge is -2.27. The van der Waals surface area contributed by atoms with Crippen LogP contribution in [0.1, 0.15) is 78.5 Å². The van der Waals surface area contributed by atoms with Crippen molar-refractivity contribution in [2.75, 3.05) is 0 Å².